The summed E-state index contributed by atoms with van der Waals surface area (Å²) in [6, 6.07) is 0.452. The molecule has 21 heavy (non-hydrogen) atoms. The second-order valence-electron chi connectivity index (χ2n) is 5.71. The van der Waals surface area contributed by atoms with Crippen molar-refractivity contribution in [2.45, 2.75) is 25.3 Å². The van der Waals surface area contributed by atoms with Gasteiger partial charge in [0.2, 0.25) is 0 Å². The average molecular weight is 284 g/mol. The first-order valence-corrected chi connectivity index (χ1v) is 7.72. The van der Waals surface area contributed by atoms with E-state index in [-0.39, 0.29) is 0 Å². The molecule has 0 atom stereocenters. The fourth-order valence-electron chi connectivity index (χ4n) is 3.25. The maximum atomic E-state index is 4.62. The molecule has 0 spiro atoms. The van der Waals surface area contributed by atoms with Gasteiger partial charge in [-0.25, -0.2) is 14.6 Å². The highest BCUT2D eigenvalue weighted by molar-refractivity contribution is 5.86. The molecule has 6 nitrogen and oxygen atoms in total. The largest absolute Gasteiger partial charge is 0.352 e. The molecule has 2 aliphatic heterocycles. The molecule has 0 aromatic carbocycles. The zero-order valence-electron chi connectivity index (χ0n) is 12.1. The SMILES string of the molecule is C1=CCN(c2ncnc3c2cnn3C2CCNCC2)CC1. The molecule has 110 valence electrons. The van der Waals surface area contributed by atoms with E-state index in [4.69, 9.17) is 0 Å². The van der Waals surface area contributed by atoms with Crippen LogP contribution in [0.25, 0.3) is 11.0 Å². The third-order valence-electron chi connectivity index (χ3n) is 4.38. The van der Waals surface area contributed by atoms with E-state index in [9.17, 15) is 0 Å². The van der Waals surface area contributed by atoms with Crippen LogP contribution in [0.5, 0.6) is 0 Å². The van der Waals surface area contributed by atoms with Crippen LogP contribution in [0.15, 0.2) is 24.7 Å². The maximum Gasteiger partial charge on any atom is 0.163 e. The Hall–Kier alpha value is -1.95. The Morgan fingerprint density at radius 1 is 1.14 bits per heavy atom. The standard InChI is InChI=1S/C15H20N6/c1-2-8-20(9-3-1)14-13-10-19-21(15(13)18-11-17-14)12-4-6-16-7-5-12/h1-2,10-12,16H,3-9H2. The van der Waals surface area contributed by atoms with E-state index < -0.39 is 0 Å². The summed E-state index contributed by atoms with van der Waals surface area (Å²) in [5.41, 5.74) is 0.974. The lowest BCUT2D eigenvalue weighted by Crippen LogP contribution is -2.30. The number of piperidine rings is 1. The fraction of sp³-hybridized carbons (Fsp3) is 0.533. The van der Waals surface area contributed by atoms with Crippen LogP contribution >= 0.6 is 0 Å². The predicted molar refractivity (Wildman–Crippen MR) is 82.4 cm³/mol. The van der Waals surface area contributed by atoms with Gasteiger partial charge in [-0.3, -0.25) is 0 Å². The van der Waals surface area contributed by atoms with E-state index in [2.05, 4.69) is 42.1 Å². The Kier molecular flexibility index (Phi) is 3.31. The first kappa shape index (κ1) is 12.8. The normalized spacial score (nSPS) is 20.3. The molecule has 0 bridgehead atoms. The molecule has 2 aromatic heterocycles. The van der Waals surface area contributed by atoms with Gasteiger partial charge in [0.1, 0.15) is 12.1 Å². The van der Waals surface area contributed by atoms with Gasteiger partial charge in [0.05, 0.1) is 17.6 Å². The van der Waals surface area contributed by atoms with E-state index in [1.54, 1.807) is 6.33 Å². The van der Waals surface area contributed by atoms with E-state index in [1.165, 1.54) is 0 Å². The number of rotatable bonds is 2. The van der Waals surface area contributed by atoms with Crippen LogP contribution in [0.3, 0.4) is 0 Å². The lowest BCUT2D eigenvalue weighted by Gasteiger charge is -2.25. The third-order valence-corrected chi connectivity index (χ3v) is 4.38. The minimum atomic E-state index is 0.452. The second kappa shape index (κ2) is 5.44. The van der Waals surface area contributed by atoms with Crippen molar-refractivity contribution in [3.05, 3.63) is 24.7 Å². The second-order valence-corrected chi connectivity index (χ2v) is 5.71. The van der Waals surface area contributed by atoms with Gasteiger partial charge in [-0.2, -0.15) is 5.10 Å². The van der Waals surface area contributed by atoms with Crippen molar-refractivity contribution in [2.75, 3.05) is 31.1 Å². The molecule has 0 aliphatic carbocycles. The number of hydrogen-bond acceptors (Lipinski definition) is 5. The quantitative estimate of drug-likeness (QED) is 0.847. The Labute approximate surface area is 123 Å². The molecule has 1 N–H and O–H groups in total. The van der Waals surface area contributed by atoms with Gasteiger partial charge in [0.15, 0.2) is 5.65 Å². The summed E-state index contributed by atoms with van der Waals surface area (Å²) in [5, 5.41) is 9.09. The Morgan fingerprint density at radius 3 is 2.86 bits per heavy atom. The highest BCUT2D eigenvalue weighted by atomic mass is 15.3. The Balaban J connectivity index is 1.73. The van der Waals surface area contributed by atoms with E-state index in [0.717, 1.165) is 62.3 Å². The lowest BCUT2D eigenvalue weighted by molar-refractivity contribution is 0.349. The summed E-state index contributed by atoms with van der Waals surface area (Å²) in [6.07, 6.45) is 11.3. The molecule has 2 aromatic rings. The van der Waals surface area contributed by atoms with Gasteiger partial charge < -0.3 is 10.2 Å². The number of nitrogens with zero attached hydrogens (tertiary/aromatic N) is 5. The van der Waals surface area contributed by atoms with Gasteiger partial charge in [0.25, 0.3) is 0 Å². The molecule has 0 unspecified atom stereocenters. The van der Waals surface area contributed by atoms with Gasteiger partial charge in [-0.05, 0) is 32.4 Å². The number of anilines is 1. The molecule has 0 amide bonds. The number of nitrogens with one attached hydrogen (secondary N) is 1. The predicted octanol–water partition coefficient (Wildman–Crippen LogP) is 1.52. The molecular formula is C15H20N6. The van der Waals surface area contributed by atoms with E-state index in [1.807, 2.05) is 6.20 Å². The van der Waals surface area contributed by atoms with Crippen molar-refractivity contribution < 1.29 is 0 Å². The zero-order valence-corrected chi connectivity index (χ0v) is 12.1. The Bertz CT molecular complexity index is 655. The number of fused-ring (bicyclic) bond motifs is 1. The minimum Gasteiger partial charge on any atom is -0.352 e. The molecule has 1 saturated heterocycles. The monoisotopic (exact) mass is 284 g/mol. The molecule has 1 fully saturated rings. The van der Waals surface area contributed by atoms with Gasteiger partial charge in [0, 0.05) is 13.1 Å². The summed E-state index contributed by atoms with van der Waals surface area (Å²) >= 11 is 0. The van der Waals surface area contributed by atoms with Crippen LogP contribution in [0.2, 0.25) is 0 Å². The van der Waals surface area contributed by atoms with Crippen molar-refractivity contribution in [1.82, 2.24) is 25.1 Å². The fourth-order valence-corrected chi connectivity index (χ4v) is 3.25. The first-order valence-electron chi connectivity index (χ1n) is 7.72. The van der Waals surface area contributed by atoms with Crippen LogP contribution in [0, 0.1) is 0 Å². The highest BCUT2D eigenvalue weighted by Gasteiger charge is 2.21. The molecule has 0 saturated carbocycles. The third kappa shape index (κ3) is 2.29. The highest BCUT2D eigenvalue weighted by Crippen LogP contribution is 2.28. The molecular weight excluding hydrogens is 264 g/mol. The Morgan fingerprint density at radius 2 is 2.05 bits per heavy atom. The van der Waals surface area contributed by atoms with Crippen LogP contribution in [0.1, 0.15) is 25.3 Å². The molecule has 6 heteroatoms. The lowest BCUT2D eigenvalue weighted by atomic mass is 10.1. The van der Waals surface area contributed by atoms with Crippen molar-refractivity contribution in [2.24, 2.45) is 0 Å². The molecule has 4 rings (SSSR count). The average Bonchev–Trinajstić information content (AvgIpc) is 3.00. The van der Waals surface area contributed by atoms with Crippen molar-refractivity contribution in [1.29, 1.82) is 0 Å². The van der Waals surface area contributed by atoms with Crippen LogP contribution in [0.4, 0.5) is 5.82 Å². The topological polar surface area (TPSA) is 58.9 Å². The summed E-state index contributed by atoms with van der Waals surface area (Å²) < 4.78 is 2.10. The summed E-state index contributed by atoms with van der Waals surface area (Å²) in [4.78, 5) is 11.3. The zero-order chi connectivity index (χ0) is 14.1. The first-order chi connectivity index (χ1) is 10.4. The van der Waals surface area contributed by atoms with Crippen LogP contribution in [-0.4, -0.2) is 45.9 Å². The van der Waals surface area contributed by atoms with Crippen LogP contribution in [-0.2, 0) is 0 Å². The van der Waals surface area contributed by atoms with Gasteiger partial charge >= 0.3 is 0 Å². The van der Waals surface area contributed by atoms with Crippen molar-refractivity contribution in [3.63, 3.8) is 0 Å². The summed E-state index contributed by atoms with van der Waals surface area (Å²) in [6.45, 7) is 4.05. The van der Waals surface area contributed by atoms with Gasteiger partial charge in [-0.1, -0.05) is 12.2 Å². The number of aromatic nitrogens is 4. The molecule has 2 aliphatic rings. The van der Waals surface area contributed by atoms with E-state index in [0.29, 0.717) is 6.04 Å². The van der Waals surface area contributed by atoms with Crippen molar-refractivity contribution >= 4 is 16.9 Å². The van der Waals surface area contributed by atoms with Crippen molar-refractivity contribution in [3.8, 4) is 0 Å². The molecule has 4 heterocycles. The maximum absolute atomic E-state index is 4.62. The summed E-state index contributed by atoms with van der Waals surface area (Å²) in [5.74, 6) is 1.02. The summed E-state index contributed by atoms with van der Waals surface area (Å²) in [7, 11) is 0. The molecule has 0 radical (unpaired) electrons. The number of hydrogen-bond donors (Lipinski definition) is 1. The van der Waals surface area contributed by atoms with E-state index >= 15 is 0 Å². The minimum absolute atomic E-state index is 0.452. The van der Waals surface area contributed by atoms with Crippen LogP contribution < -0.4 is 10.2 Å². The van der Waals surface area contributed by atoms with Gasteiger partial charge in [-0.15, -0.1) is 0 Å². The smallest absolute Gasteiger partial charge is 0.163 e.